The predicted molar refractivity (Wildman–Crippen MR) is 45.1 cm³/mol. The minimum Gasteiger partial charge on any atom is -0.494 e. The van der Waals surface area contributed by atoms with E-state index in [9.17, 15) is 4.79 Å². The first-order valence-electron chi connectivity index (χ1n) is 3.11. The zero-order valence-electron chi connectivity index (χ0n) is 6.28. The van der Waals surface area contributed by atoms with Crippen molar-refractivity contribution in [1.82, 2.24) is 4.98 Å². The maximum Gasteiger partial charge on any atom is 0.372 e. The van der Waals surface area contributed by atoms with Gasteiger partial charge in [-0.1, -0.05) is 0 Å². The van der Waals surface area contributed by atoms with Gasteiger partial charge in [-0.25, -0.2) is 9.78 Å². The number of pyridine rings is 1. The normalized spacial score (nSPS) is 9.17. The van der Waals surface area contributed by atoms with Crippen LogP contribution in [-0.2, 0) is 3.83 Å². The van der Waals surface area contributed by atoms with Crippen molar-refractivity contribution in [2.75, 3.05) is 7.11 Å². The van der Waals surface area contributed by atoms with Crippen LogP contribution in [0.2, 0.25) is 0 Å². The van der Waals surface area contributed by atoms with Crippen LogP contribution in [0.15, 0.2) is 18.3 Å². The van der Waals surface area contributed by atoms with Crippen molar-refractivity contribution in [2.24, 2.45) is 0 Å². The third-order valence-corrected chi connectivity index (χ3v) is 1.55. The molecule has 0 spiro atoms. The van der Waals surface area contributed by atoms with Crippen molar-refractivity contribution in [2.45, 2.75) is 0 Å². The number of hydrogen-bond donors (Lipinski definition) is 0. The van der Waals surface area contributed by atoms with Crippen molar-refractivity contribution < 1.29 is 13.4 Å². The zero-order chi connectivity index (χ0) is 8.97. The molecule has 0 saturated heterocycles. The molecule has 4 nitrogen and oxygen atoms in total. The van der Waals surface area contributed by atoms with Crippen molar-refractivity contribution in [3.8, 4) is 5.75 Å². The summed E-state index contributed by atoms with van der Waals surface area (Å²) in [5.74, 6) is -0.186. The van der Waals surface area contributed by atoms with Gasteiger partial charge in [-0.15, -0.1) is 0 Å². The molecule has 0 saturated carbocycles. The fourth-order valence-corrected chi connectivity index (χ4v) is 0.898. The lowest BCUT2D eigenvalue weighted by Gasteiger charge is -2.02. The number of methoxy groups -OCH3 is 1. The van der Waals surface area contributed by atoms with Crippen molar-refractivity contribution >= 4 is 22.2 Å². The zero-order valence-corrected chi connectivity index (χ0v) is 7.87. The number of hydrogen-bond acceptors (Lipinski definition) is 4. The third kappa shape index (κ3) is 1.73. The van der Waals surface area contributed by atoms with Gasteiger partial charge in [-0.3, -0.25) is 0 Å². The van der Waals surface area contributed by atoms with E-state index in [1.165, 1.54) is 13.3 Å². The molecule has 0 radical (unpaired) electrons. The number of ether oxygens (including phenoxy) is 1. The summed E-state index contributed by atoms with van der Waals surface area (Å²) in [6, 6.07) is 3.30. The molecule has 0 aliphatic carbocycles. The smallest absolute Gasteiger partial charge is 0.372 e. The van der Waals surface area contributed by atoms with Crippen molar-refractivity contribution in [3.05, 3.63) is 24.0 Å². The molecule has 0 aliphatic rings. The van der Waals surface area contributed by atoms with Crippen LogP contribution in [0.25, 0.3) is 0 Å². The van der Waals surface area contributed by atoms with E-state index in [0.717, 1.165) is 0 Å². The molecule has 0 bridgehead atoms. The van der Waals surface area contributed by atoms with Gasteiger partial charge in [0.2, 0.25) is 0 Å². The molecule has 1 heterocycles. The predicted octanol–water partition coefficient (Wildman–Crippen LogP) is 1.56. The molecule has 64 valence electrons. The summed E-state index contributed by atoms with van der Waals surface area (Å²) in [5.41, 5.74) is 0.150. The molecule has 0 N–H and O–H groups in total. The molecule has 5 heteroatoms. The van der Waals surface area contributed by atoms with E-state index in [-0.39, 0.29) is 5.69 Å². The van der Waals surface area contributed by atoms with Crippen molar-refractivity contribution in [3.63, 3.8) is 0 Å². The molecule has 1 aromatic rings. The van der Waals surface area contributed by atoms with Crippen LogP contribution in [0.1, 0.15) is 10.5 Å². The standard InChI is InChI=1S/C7H6BrNO3/c1-11-5-3-2-4-9-6(5)7(10)12-8/h2-4H,1H3. The second-order valence-electron chi connectivity index (χ2n) is 1.92. The van der Waals surface area contributed by atoms with Gasteiger partial charge in [0.25, 0.3) is 0 Å². The highest BCUT2D eigenvalue weighted by Gasteiger charge is 2.13. The number of halogens is 1. The third-order valence-electron chi connectivity index (χ3n) is 1.25. The van der Waals surface area contributed by atoms with Gasteiger partial charge in [0.1, 0.15) is 0 Å². The van der Waals surface area contributed by atoms with E-state index in [4.69, 9.17) is 4.74 Å². The molecule has 12 heavy (non-hydrogen) atoms. The van der Waals surface area contributed by atoms with E-state index in [2.05, 4.69) is 25.1 Å². The summed E-state index contributed by atoms with van der Waals surface area (Å²) in [5, 5.41) is 0. The Morgan fingerprint density at radius 1 is 1.67 bits per heavy atom. The minimum absolute atomic E-state index is 0.150. The Morgan fingerprint density at radius 2 is 2.42 bits per heavy atom. The SMILES string of the molecule is COc1cccnc1C(=O)OBr. The lowest BCUT2D eigenvalue weighted by molar-refractivity contribution is 0.0772. The molecule has 0 aliphatic heterocycles. The summed E-state index contributed by atoms with van der Waals surface area (Å²) in [4.78, 5) is 14.8. The van der Waals surface area contributed by atoms with Crippen LogP contribution in [0.4, 0.5) is 0 Å². The largest absolute Gasteiger partial charge is 0.494 e. The topological polar surface area (TPSA) is 48.4 Å². The van der Waals surface area contributed by atoms with Gasteiger partial charge in [-0.05, 0) is 12.1 Å². The fraction of sp³-hybridized carbons (Fsp3) is 0.143. The van der Waals surface area contributed by atoms with Gasteiger partial charge in [0, 0.05) is 6.20 Å². The number of aromatic nitrogens is 1. The summed E-state index contributed by atoms with van der Waals surface area (Å²) < 4.78 is 9.19. The second kappa shape index (κ2) is 4.06. The Balaban J connectivity index is 3.04. The molecule has 1 rings (SSSR count). The average molecular weight is 232 g/mol. The molecule has 0 fully saturated rings. The maximum atomic E-state index is 11.0. The first-order chi connectivity index (χ1) is 5.79. The Bertz CT molecular complexity index is 290. The first kappa shape index (κ1) is 8.99. The highest BCUT2D eigenvalue weighted by atomic mass is 79.9. The molecule has 0 unspecified atom stereocenters. The Morgan fingerprint density at radius 3 is 3.00 bits per heavy atom. The van der Waals surface area contributed by atoms with E-state index in [1.54, 1.807) is 12.1 Å². The maximum absolute atomic E-state index is 11.0. The molecular weight excluding hydrogens is 226 g/mol. The van der Waals surface area contributed by atoms with Gasteiger partial charge >= 0.3 is 5.97 Å². The molecule has 0 amide bonds. The quantitative estimate of drug-likeness (QED) is 0.776. The van der Waals surface area contributed by atoms with Gasteiger partial charge in [-0.2, -0.15) is 0 Å². The van der Waals surface area contributed by atoms with Gasteiger partial charge in [0.15, 0.2) is 27.7 Å². The summed E-state index contributed by atoms with van der Waals surface area (Å²) in [6.07, 6.45) is 1.49. The van der Waals surface area contributed by atoms with Crippen LogP contribution >= 0.6 is 16.3 Å². The minimum atomic E-state index is -0.576. The first-order valence-corrected chi connectivity index (χ1v) is 3.76. The van der Waals surface area contributed by atoms with Crippen LogP contribution in [0.5, 0.6) is 5.75 Å². The van der Waals surface area contributed by atoms with Crippen LogP contribution < -0.4 is 4.74 Å². The lowest BCUT2D eigenvalue weighted by Crippen LogP contribution is -2.03. The highest BCUT2D eigenvalue weighted by molar-refractivity contribution is 9.06. The number of carbonyl (C=O) groups excluding carboxylic acids is 1. The second-order valence-corrected chi connectivity index (χ2v) is 2.24. The summed E-state index contributed by atoms with van der Waals surface area (Å²) >= 11 is 2.57. The monoisotopic (exact) mass is 231 g/mol. The summed E-state index contributed by atoms with van der Waals surface area (Å²) in [6.45, 7) is 0. The fourth-order valence-electron chi connectivity index (χ4n) is 0.745. The van der Waals surface area contributed by atoms with Crippen LogP contribution in [0.3, 0.4) is 0 Å². The van der Waals surface area contributed by atoms with E-state index in [1.807, 2.05) is 0 Å². The van der Waals surface area contributed by atoms with Gasteiger partial charge < -0.3 is 8.57 Å². The van der Waals surface area contributed by atoms with E-state index >= 15 is 0 Å². The molecular formula is C7H6BrNO3. The molecule has 0 aromatic carbocycles. The number of carbonyl (C=O) groups is 1. The number of nitrogens with zero attached hydrogens (tertiary/aromatic N) is 1. The Kier molecular flexibility index (Phi) is 3.04. The van der Waals surface area contributed by atoms with Crippen molar-refractivity contribution in [1.29, 1.82) is 0 Å². The Hall–Kier alpha value is -1.10. The average Bonchev–Trinajstić information content (AvgIpc) is 2.16. The van der Waals surface area contributed by atoms with E-state index < -0.39 is 5.97 Å². The summed E-state index contributed by atoms with van der Waals surface area (Å²) in [7, 11) is 1.46. The Labute approximate surface area is 78.0 Å². The van der Waals surface area contributed by atoms with Crippen LogP contribution in [0, 0.1) is 0 Å². The lowest BCUT2D eigenvalue weighted by atomic mass is 10.3. The number of rotatable bonds is 2. The van der Waals surface area contributed by atoms with Gasteiger partial charge in [0.05, 0.1) is 7.11 Å². The molecule has 1 aromatic heterocycles. The van der Waals surface area contributed by atoms with E-state index in [0.29, 0.717) is 5.75 Å². The molecule has 0 atom stereocenters. The highest BCUT2D eigenvalue weighted by Crippen LogP contribution is 2.15. The van der Waals surface area contributed by atoms with Crippen LogP contribution in [-0.4, -0.2) is 18.1 Å².